The molecule has 1 heterocycles. The molecule has 1 aromatic carbocycles. The molecule has 1 atom stereocenters. The Labute approximate surface area is 163 Å². The predicted molar refractivity (Wildman–Crippen MR) is 109 cm³/mol. The highest BCUT2D eigenvalue weighted by atomic mass is 16.5. The van der Waals surface area contributed by atoms with Crippen molar-refractivity contribution in [2.45, 2.75) is 72.6 Å². The van der Waals surface area contributed by atoms with Gasteiger partial charge in [-0.05, 0) is 31.2 Å². The van der Waals surface area contributed by atoms with Crippen LogP contribution in [0.4, 0.5) is 0 Å². The van der Waals surface area contributed by atoms with E-state index < -0.39 is 0 Å². The molecule has 0 N–H and O–H groups in total. The third kappa shape index (κ3) is 5.65. The first-order valence-corrected chi connectivity index (χ1v) is 10.4. The SMILES string of the molecule is CCCCOc1nc(-c2ccc(CC)cc2)n(C(=O)C(CC)CCCC)n1. The minimum absolute atomic E-state index is 0.0124. The number of ether oxygens (including phenoxy) is 1. The Bertz CT molecular complexity index is 707. The van der Waals surface area contributed by atoms with Gasteiger partial charge >= 0.3 is 6.01 Å². The summed E-state index contributed by atoms with van der Waals surface area (Å²) in [6.07, 6.45) is 6.77. The highest BCUT2D eigenvalue weighted by Gasteiger charge is 2.24. The lowest BCUT2D eigenvalue weighted by Gasteiger charge is -2.14. The molecule has 0 spiro atoms. The molecule has 148 valence electrons. The fourth-order valence-corrected chi connectivity index (χ4v) is 3.02. The Balaban J connectivity index is 2.35. The minimum Gasteiger partial charge on any atom is -0.462 e. The summed E-state index contributed by atoms with van der Waals surface area (Å²) in [5, 5.41) is 4.41. The zero-order chi connectivity index (χ0) is 19.6. The van der Waals surface area contributed by atoms with Gasteiger partial charge in [-0.3, -0.25) is 4.79 Å². The van der Waals surface area contributed by atoms with Crippen LogP contribution >= 0.6 is 0 Å². The minimum atomic E-state index is -0.0381. The number of unbranched alkanes of at least 4 members (excludes halogenated alkanes) is 2. The lowest BCUT2D eigenvalue weighted by atomic mass is 9.98. The first-order valence-electron chi connectivity index (χ1n) is 10.4. The van der Waals surface area contributed by atoms with Crippen LogP contribution in [0.1, 0.15) is 76.6 Å². The first-order chi connectivity index (χ1) is 13.1. The van der Waals surface area contributed by atoms with Crippen molar-refractivity contribution in [3.63, 3.8) is 0 Å². The van der Waals surface area contributed by atoms with E-state index in [0.717, 1.165) is 50.5 Å². The quantitative estimate of drug-likeness (QED) is 0.486. The van der Waals surface area contributed by atoms with Crippen LogP contribution in [0, 0.1) is 5.92 Å². The molecule has 0 radical (unpaired) electrons. The number of carbonyl (C=O) groups excluding carboxylic acids is 1. The van der Waals surface area contributed by atoms with Gasteiger partial charge in [0.15, 0.2) is 5.82 Å². The summed E-state index contributed by atoms with van der Waals surface area (Å²) in [6, 6.07) is 8.46. The fourth-order valence-electron chi connectivity index (χ4n) is 3.02. The summed E-state index contributed by atoms with van der Waals surface area (Å²) >= 11 is 0. The molecule has 2 aromatic rings. The summed E-state index contributed by atoms with van der Waals surface area (Å²) in [7, 11) is 0. The zero-order valence-corrected chi connectivity index (χ0v) is 17.2. The first kappa shape index (κ1) is 21.1. The maximum atomic E-state index is 13.1. The summed E-state index contributed by atoms with van der Waals surface area (Å²) in [4.78, 5) is 17.7. The van der Waals surface area contributed by atoms with Crippen molar-refractivity contribution in [3.8, 4) is 17.4 Å². The molecule has 0 aliphatic rings. The molecule has 0 aliphatic carbocycles. The predicted octanol–water partition coefficient (Wildman–Crippen LogP) is 5.54. The standard InChI is InChI=1S/C22H33N3O2/c1-5-9-11-18(8-4)21(26)25-20(19-14-12-17(7-3)13-15-19)23-22(24-25)27-16-10-6-2/h12-15,18H,5-11,16H2,1-4H3. The van der Waals surface area contributed by atoms with E-state index in [4.69, 9.17) is 4.74 Å². The average molecular weight is 372 g/mol. The van der Waals surface area contributed by atoms with Crippen molar-refractivity contribution >= 4 is 5.91 Å². The Morgan fingerprint density at radius 2 is 1.78 bits per heavy atom. The maximum Gasteiger partial charge on any atom is 0.336 e. The summed E-state index contributed by atoms with van der Waals surface area (Å²) in [5.41, 5.74) is 2.15. The van der Waals surface area contributed by atoms with Crippen molar-refractivity contribution in [3.05, 3.63) is 29.8 Å². The smallest absolute Gasteiger partial charge is 0.336 e. The summed E-state index contributed by atoms with van der Waals surface area (Å²) in [5.74, 6) is 0.547. The average Bonchev–Trinajstić information content (AvgIpc) is 3.13. The van der Waals surface area contributed by atoms with Crippen molar-refractivity contribution in [1.82, 2.24) is 14.8 Å². The highest BCUT2D eigenvalue weighted by Crippen LogP contribution is 2.24. The van der Waals surface area contributed by atoms with E-state index in [1.807, 2.05) is 12.1 Å². The van der Waals surface area contributed by atoms with Gasteiger partial charge in [-0.25, -0.2) is 0 Å². The van der Waals surface area contributed by atoms with Gasteiger partial charge in [0.25, 0.3) is 5.91 Å². The van der Waals surface area contributed by atoms with Crippen LogP contribution in [0.25, 0.3) is 11.4 Å². The Morgan fingerprint density at radius 3 is 2.37 bits per heavy atom. The van der Waals surface area contributed by atoms with Crippen LogP contribution in [0.5, 0.6) is 6.01 Å². The monoisotopic (exact) mass is 371 g/mol. The van der Waals surface area contributed by atoms with Crippen molar-refractivity contribution in [1.29, 1.82) is 0 Å². The van der Waals surface area contributed by atoms with Gasteiger partial charge < -0.3 is 4.74 Å². The van der Waals surface area contributed by atoms with Crippen LogP contribution in [-0.4, -0.2) is 27.3 Å². The maximum absolute atomic E-state index is 13.1. The van der Waals surface area contributed by atoms with Gasteiger partial charge in [0.05, 0.1) is 6.61 Å². The van der Waals surface area contributed by atoms with E-state index >= 15 is 0 Å². The number of carbonyl (C=O) groups is 1. The number of hydrogen-bond donors (Lipinski definition) is 0. The van der Waals surface area contributed by atoms with E-state index in [2.05, 4.69) is 49.9 Å². The normalized spacial score (nSPS) is 12.1. The molecule has 0 fully saturated rings. The van der Waals surface area contributed by atoms with Gasteiger partial charge in [0.2, 0.25) is 0 Å². The van der Waals surface area contributed by atoms with Crippen LogP contribution in [0.3, 0.4) is 0 Å². The number of aryl methyl sites for hydroxylation is 1. The van der Waals surface area contributed by atoms with Gasteiger partial charge in [-0.15, -0.1) is 5.10 Å². The molecule has 0 aliphatic heterocycles. The lowest BCUT2D eigenvalue weighted by molar-refractivity contribution is 0.0804. The fraction of sp³-hybridized carbons (Fsp3) is 0.591. The van der Waals surface area contributed by atoms with E-state index in [9.17, 15) is 4.79 Å². The third-order valence-corrected chi connectivity index (χ3v) is 4.89. The van der Waals surface area contributed by atoms with Crippen LogP contribution in [-0.2, 0) is 6.42 Å². The number of nitrogens with zero attached hydrogens (tertiary/aromatic N) is 3. The molecule has 0 bridgehead atoms. The van der Waals surface area contributed by atoms with Crippen LogP contribution in [0.2, 0.25) is 0 Å². The second kappa shape index (κ2) is 10.9. The molecule has 0 saturated carbocycles. The largest absolute Gasteiger partial charge is 0.462 e. The molecular formula is C22H33N3O2. The van der Waals surface area contributed by atoms with E-state index in [1.54, 1.807) is 0 Å². The van der Waals surface area contributed by atoms with E-state index in [-0.39, 0.29) is 17.8 Å². The topological polar surface area (TPSA) is 57.0 Å². The van der Waals surface area contributed by atoms with Crippen LogP contribution < -0.4 is 4.74 Å². The van der Waals surface area contributed by atoms with Gasteiger partial charge in [-0.1, -0.05) is 71.2 Å². The molecule has 2 rings (SSSR count). The Morgan fingerprint density at radius 1 is 1.07 bits per heavy atom. The van der Waals surface area contributed by atoms with Gasteiger partial charge in [-0.2, -0.15) is 9.67 Å². The lowest BCUT2D eigenvalue weighted by Crippen LogP contribution is -2.23. The molecule has 0 amide bonds. The Kier molecular flexibility index (Phi) is 8.49. The van der Waals surface area contributed by atoms with Gasteiger partial charge in [0.1, 0.15) is 0 Å². The zero-order valence-electron chi connectivity index (χ0n) is 17.2. The van der Waals surface area contributed by atoms with E-state index in [0.29, 0.717) is 12.4 Å². The Hall–Kier alpha value is -2.17. The number of aromatic nitrogens is 3. The van der Waals surface area contributed by atoms with Crippen molar-refractivity contribution in [2.24, 2.45) is 5.92 Å². The third-order valence-electron chi connectivity index (χ3n) is 4.89. The molecule has 5 heteroatoms. The molecular weight excluding hydrogens is 338 g/mol. The summed E-state index contributed by atoms with van der Waals surface area (Å²) < 4.78 is 7.15. The van der Waals surface area contributed by atoms with Gasteiger partial charge in [0, 0.05) is 11.5 Å². The molecule has 1 aromatic heterocycles. The molecule has 5 nitrogen and oxygen atoms in total. The van der Waals surface area contributed by atoms with E-state index in [1.165, 1.54) is 10.2 Å². The van der Waals surface area contributed by atoms with Crippen molar-refractivity contribution < 1.29 is 9.53 Å². The van der Waals surface area contributed by atoms with Crippen molar-refractivity contribution in [2.75, 3.05) is 6.61 Å². The second-order valence-corrected chi connectivity index (χ2v) is 6.97. The summed E-state index contributed by atoms with van der Waals surface area (Å²) in [6.45, 7) is 9.01. The number of hydrogen-bond acceptors (Lipinski definition) is 4. The highest BCUT2D eigenvalue weighted by molar-refractivity contribution is 5.84. The second-order valence-electron chi connectivity index (χ2n) is 6.97. The number of rotatable bonds is 11. The number of benzene rings is 1. The molecule has 1 unspecified atom stereocenters. The molecule has 27 heavy (non-hydrogen) atoms. The van der Waals surface area contributed by atoms with Crippen LogP contribution in [0.15, 0.2) is 24.3 Å². The molecule has 0 saturated heterocycles.